The van der Waals surface area contributed by atoms with E-state index in [1.807, 2.05) is 43.7 Å². The lowest BCUT2D eigenvalue weighted by Gasteiger charge is -2.41. The Morgan fingerprint density at radius 3 is 2.47 bits per heavy atom. The van der Waals surface area contributed by atoms with Crippen molar-refractivity contribution < 1.29 is 18.4 Å². The van der Waals surface area contributed by atoms with Crippen LogP contribution in [0.1, 0.15) is 51.9 Å². The van der Waals surface area contributed by atoms with Gasteiger partial charge in [-0.25, -0.2) is 8.78 Å². The second-order valence-electron chi connectivity index (χ2n) is 9.03. The molecule has 1 aromatic heterocycles. The SMILES string of the molecule is CC(C)C(=O)N(CC(=O)N1CCn2cccc2C1c1ccc(F)cc1F)C(C)(C)C. The number of carbonyl (C=O) groups excluding carboxylic acids is 2. The summed E-state index contributed by atoms with van der Waals surface area (Å²) in [4.78, 5) is 29.3. The van der Waals surface area contributed by atoms with Crippen molar-refractivity contribution in [1.29, 1.82) is 0 Å². The van der Waals surface area contributed by atoms with Crippen LogP contribution in [0.15, 0.2) is 36.5 Å². The lowest BCUT2D eigenvalue weighted by molar-refractivity contribution is -0.148. The molecule has 0 saturated heterocycles. The van der Waals surface area contributed by atoms with Gasteiger partial charge in [-0.3, -0.25) is 9.59 Å². The van der Waals surface area contributed by atoms with Gasteiger partial charge in [-0.2, -0.15) is 0 Å². The summed E-state index contributed by atoms with van der Waals surface area (Å²) in [7, 11) is 0. The zero-order valence-electron chi connectivity index (χ0n) is 18.2. The van der Waals surface area contributed by atoms with Crippen molar-refractivity contribution >= 4 is 11.8 Å². The molecule has 2 amide bonds. The fraction of sp³-hybridized carbons (Fsp3) is 0.478. The Bertz CT molecular complexity index is 946. The van der Waals surface area contributed by atoms with E-state index < -0.39 is 23.2 Å². The Hall–Kier alpha value is -2.70. The molecule has 30 heavy (non-hydrogen) atoms. The largest absolute Gasteiger partial charge is 0.348 e. The van der Waals surface area contributed by atoms with Crippen molar-refractivity contribution in [3.63, 3.8) is 0 Å². The number of hydrogen-bond donors (Lipinski definition) is 0. The van der Waals surface area contributed by atoms with Crippen LogP contribution in [0.25, 0.3) is 0 Å². The summed E-state index contributed by atoms with van der Waals surface area (Å²) in [6.45, 7) is 10.1. The third-order valence-corrected chi connectivity index (χ3v) is 5.48. The van der Waals surface area contributed by atoms with E-state index in [1.54, 1.807) is 23.6 Å². The van der Waals surface area contributed by atoms with Crippen molar-refractivity contribution in [3.8, 4) is 0 Å². The summed E-state index contributed by atoms with van der Waals surface area (Å²) >= 11 is 0. The lowest BCUT2D eigenvalue weighted by atomic mass is 9.98. The first-order valence-corrected chi connectivity index (χ1v) is 10.2. The standard InChI is InChI=1S/C23H29F2N3O2/c1-15(2)22(30)28(23(3,4)5)14-20(29)27-12-11-26-10-6-7-19(26)21(27)17-9-8-16(24)13-18(17)25/h6-10,13,15,21H,11-12,14H2,1-5H3. The summed E-state index contributed by atoms with van der Waals surface area (Å²) in [6, 6.07) is 6.43. The van der Waals surface area contributed by atoms with Gasteiger partial charge in [-0.15, -0.1) is 0 Å². The van der Waals surface area contributed by atoms with Crippen LogP contribution in [0.4, 0.5) is 8.78 Å². The second-order valence-corrected chi connectivity index (χ2v) is 9.03. The molecule has 3 rings (SSSR count). The number of nitrogens with zero attached hydrogens (tertiary/aromatic N) is 3. The molecule has 2 aromatic rings. The first kappa shape index (κ1) is 22.0. The second kappa shape index (κ2) is 8.20. The van der Waals surface area contributed by atoms with Gasteiger partial charge in [0.15, 0.2) is 0 Å². The fourth-order valence-electron chi connectivity index (χ4n) is 3.89. The third kappa shape index (κ3) is 4.25. The van der Waals surface area contributed by atoms with Crippen LogP contribution in [0.2, 0.25) is 0 Å². The molecule has 0 radical (unpaired) electrons. The molecule has 1 atom stereocenters. The highest BCUT2D eigenvalue weighted by atomic mass is 19.1. The highest BCUT2D eigenvalue weighted by Gasteiger charge is 2.37. The molecule has 1 aliphatic heterocycles. The number of benzene rings is 1. The van der Waals surface area contributed by atoms with Gasteiger partial charge in [-0.05, 0) is 39.0 Å². The van der Waals surface area contributed by atoms with E-state index >= 15 is 0 Å². The minimum absolute atomic E-state index is 0.0967. The Kier molecular flexibility index (Phi) is 6.01. The Labute approximate surface area is 176 Å². The number of amides is 2. The van der Waals surface area contributed by atoms with Crippen molar-refractivity contribution in [2.75, 3.05) is 13.1 Å². The molecule has 0 saturated carbocycles. The van der Waals surface area contributed by atoms with E-state index in [0.29, 0.717) is 13.1 Å². The maximum absolute atomic E-state index is 14.7. The topological polar surface area (TPSA) is 45.6 Å². The van der Waals surface area contributed by atoms with Gasteiger partial charge < -0.3 is 14.4 Å². The summed E-state index contributed by atoms with van der Waals surface area (Å²) in [5.74, 6) is -1.98. The Balaban J connectivity index is 1.98. The van der Waals surface area contributed by atoms with Crippen LogP contribution in [-0.2, 0) is 16.1 Å². The zero-order chi connectivity index (χ0) is 22.2. The van der Waals surface area contributed by atoms with Crippen molar-refractivity contribution in [3.05, 3.63) is 59.4 Å². The summed E-state index contributed by atoms with van der Waals surface area (Å²) in [5.41, 5.74) is 0.461. The average Bonchev–Trinajstić information content (AvgIpc) is 3.12. The molecule has 0 fully saturated rings. The predicted molar refractivity (Wildman–Crippen MR) is 111 cm³/mol. The van der Waals surface area contributed by atoms with E-state index in [1.165, 1.54) is 12.1 Å². The normalized spacial score (nSPS) is 16.5. The number of rotatable bonds is 4. The molecule has 2 heterocycles. The van der Waals surface area contributed by atoms with E-state index in [4.69, 9.17) is 0 Å². The molecule has 1 unspecified atom stereocenters. The first-order chi connectivity index (χ1) is 14.0. The van der Waals surface area contributed by atoms with Crippen LogP contribution in [0.5, 0.6) is 0 Å². The monoisotopic (exact) mass is 417 g/mol. The van der Waals surface area contributed by atoms with Gasteiger partial charge >= 0.3 is 0 Å². The fourth-order valence-corrected chi connectivity index (χ4v) is 3.89. The molecule has 0 bridgehead atoms. The lowest BCUT2D eigenvalue weighted by Crippen LogP contribution is -2.54. The number of fused-ring (bicyclic) bond motifs is 1. The van der Waals surface area contributed by atoms with Crippen LogP contribution in [0.3, 0.4) is 0 Å². The predicted octanol–water partition coefficient (Wildman–Crippen LogP) is 3.98. The van der Waals surface area contributed by atoms with Gasteiger partial charge in [0, 0.05) is 48.1 Å². The average molecular weight is 418 g/mol. The maximum Gasteiger partial charge on any atom is 0.243 e. The van der Waals surface area contributed by atoms with E-state index in [0.717, 1.165) is 11.8 Å². The quantitative estimate of drug-likeness (QED) is 0.755. The van der Waals surface area contributed by atoms with E-state index in [-0.39, 0.29) is 29.8 Å². The molecule has 5 nitrogen and oxygen atoms in total. The first-order valence-electron chi connectivity index (χ1n) is 10.2. The van der Waals surface area contributed by atoms with Gasteiger partial charge in [0.05, 0.1) is 0 Å². The minimum atomic E-state index is -0.696. The van der Waals surface area contributed by atoms with Gasteiger partial charge in [-0.1, -0.05) is 19.9 Å². The highest BCUT2D eigenvalue weighted by molar-refractivity contribution is 5.86. The van der Waals surface area contributed by atoms with Gasteiger partial charge in [0.2, 0.25) is 11.8 Å². The van der Waals surface area contributed by atoms with Crippen molar-refractivity contribution in [2.24, 2.45) is 5.92 Å². The number of carbonyl (C=O) groups is 2. The molecule has 7 heteroatoms. The van der Waals surface area contributed by atoms with Gasteiger partial charge in [0.25, 0.3) is 0 Å². The smallest absolute Gasteiger partial charge is 0.243 e. The molecule has 0 aliphatic carbocycles. The van der Waals surface area contributed by atoms with Crippen molar-refractivity contribution in [1.82, 2.24) is 14.4 Å². The summed E-state index contributed by atoms with van der Waals surface area (Å²) < 4.78 is 30.2. The van der Waals surface area contributed by atoms with Crippen LogP contribution in [-0.4, -0.2) is 44.8 Å². The summed E-state index contributed by atoms with van der Waals surface area (Å²) in [6.07, 6.45) is 1.88. The highest BCUT2D eigenvalue weighted by Crippen LogP contribution is 2.34. The van der Waals surface area contributed by atoms with E-state index in [9.17, 15) is 18.4 Å². The van der Waals surface area contributed by atoms with Crippen LogP contribution in [0, 0.1) is 17.6 Å². The van der Waals surface area contributed by atoms with Crippen LogP contribution < -0.4 is 0 Å². The molecule has 1 aliphatic rings. The Morgan fingerprint density at radius 1 is 1.17 bits per heavy atom. The van der Waals surface area contributed by atoms with Gasteiger partial charge in [0.1, 0.15) is 24.2 Å². The molecule has 0 N–H and O–H groups in total. The molecular weight excluding hydrogens is 388 g/mol. The Morgan fingerprint density at radius 2 is 1.87 bits per heavy atom. The molecule has 0 spiro atoms. The van der Waals surface area contributed by atoms with E-state index in [2.05, 4.69) is 0 Å². The number of halogens is 2. The number of hydrogen-bond acceptors (Lipinski definition) is 2. The summed E-state index contributed by atoms with van der Waals surface area (Å²) in [5, 5.41) is 0. The molecule has 1 aromatic carbocycles. The maximum atomic E-state index is 14.7. The minimum Gasteiger partial charge on any atom is -0.348 e. The number of aromatic nitrogens is 1. The van der Waals surface area contributed by atoms with Crippen molar-refractivity contribution in [2.45, 2.75) is 52.7 Å². The third-order valence-electron chi connectivity index (χ3n) is 5.48. The molecule has 162 valence electrons. The molecular formula is C23H29F2N3O2. The van der Waals surface area contributed by atoms with Crippen LogP contribution >= 0.6 is 0 Å². The zero-order valence-corrected chi connectivity index (χ0v) is 18.2.